The van der Waals surface area contributed by atoms with Crippen LogP contribution in [0.5, 0.6) is 0 Å². The van der Waals surface area contributed by atoms with Gasteiger partial charge in [-0.1, -0.05) is 12.1 Å². The van der Waals surface area contributed by atoms with Crippen molar-refractivity contribution in [2.45, 2.75) is 23.8 Å². The molecule has 1 aliphatic heterocycles. The maximum atomic E-state index is 12.1. The Morgan fingerprint density at radius 3 is 2.56 bits per heavy atom. The second-order valence-corrected chi connectivity index (χ2v) is 9.01. The molecular formula is C19H23N3O4S. The monoisotopic (exact) mass is 389 g/mol. The Morgan fingerprint density at radius 2 is 1.93 bits per heavy atom. The number of hydrogen-bond donors (Lipinski definition) is 0. The molecular weight excluding hydrogens is 366 g/mol. The van der Waals surface area contributed by atoms with Crippen LogP contribution in [0.1, 0.15) is 24.4 Å². The van der Waals surface area contributed by atoms with Crippen LogP contribution in [-0.4, -0.2) is 40.2 Å². The first-order chi connectivity index (χ1) is 12.7. The van der Waals surface area contributed by atoms with E-state index in [2.05, 4.69) is 17.0 Å². The fraction of sp³-hybridized carbons (Fsp3) is 0.368. The fourth-order valence-corrected chi connectivity index (χ4v) is 4.42. The largest absolute Gasteiger partial charge is 0.378 e. The molecule has 27 heavy (non-hydrogen) atoms. The van der Waals surface area contributed by atoms with E-state index in [0.29, 0.717) is 5.69 Å². The molecule has 1 aliphatic rings. The van der Waals surface area contributed by atoms with Crippen molar-refractivity contribution < 1.29 is 13.3 Å². The summed E-state index contributed by atoms with van der Waals surface area (Å²) >= 11 is 0. The third kappa shape index (κ3) is 3.90. The first kappa shape index (κ1) is 19.2. The lowest BCUT2D eigenvalue weighted by Gasteiger charge is -2.28. The topological polar surface area (TPSA) is 83.8 Å². The first-order valence-electron chi connectivity index (χ1n) is 8.71. The molecule has 8 heteroatoms. The van der Waals surface area contributed by atoms with Crippen LogP contribution in [0.4, 0.5) is 17.1 Å². The van der Waals surface area contributed by atoms with Crippen molar-refractivity contribution in [3.05, 3.63) is 58.1 Å². The van der Waals surface area contributed by atoms with E-state index in [1.165, 1.54) is 12.1 Å². The van der Waals surface area contributed by atoms with E-state index in [1.54, 1.807) is 6.07 Å². The Labute approximate surface area is 159 Å². The third-order valence-electron chi connectivity index (χ3n) is 4.90. The van der Waals surface area contributed by atoms with Crippen molar-refractivity contribution in [3.63, 3.8) is 0 Å². The number of nitro benzene ring substituents is 1. The molecule has 1 heterocycles. The maximum Gasteiger partial charge on any atom is 0.288 e. The molecule has 0 amide bonds. The summed E-state index contributed by atoms with van der Waals surface area (Å²) in [6.45, 7) is 0.776. The van der Waals surface area contributed by atoms with Crippen LogP contribution in [-0.2, 0) is 9.84 Å². The molecule has 2 aromatic rings. The summed E-state index contributed by atoms with van der Waals surface area (Å²) in [7, 11) is 0.267. The molecule has 144 valence electrons. The highest BCUT2D eigenvalue weighted by molar-refractivity contribution is 7.90. The van der Waals surface area contributed by atoms with Gasteiger partial charge in [-0.2, -0.15) is 0 Å². The van der Waals surface area contributed by atoms with Gasteiger partial charge in [0.05, 0.1) is 11.0 Å². The second-order valence-electron chi connectivity index (χ2n) is 7.02. The molecule has 0 spiro atoms. The van der Waals surface area contributed by atoms with Gasteiger partial charge >= 0.3 is 0 Å². The zero-order chi connectivity index (χ0) is 19.8. The van der Waals surface area contributed by atoms with Crippen molar-refractivity contribution in [1.82, 2.24) is 0 Å². The average Bonchev–Trinajstić information content (AvgIpc) is 3.10. The average molecular weight is 389 g/mol. The lowest BCUT2D eigenvalue weighted by molar-refractivity contribution is -0.387. The molecule has 0 aliphatic carbocycles. The smallest absolute Gasteiger partial charge is 0.288 e. The van der Waals surface area contributed by atoms with Gasteiger partial charge in [-0.05, 0) is 42.7 Å². The van der Waals surface area contributed by atoms with E-state index < -0.39 is 14.8 Å². The minimum atomic E-state index is -3.71. The minimum absolute atomic E-state index is 0.110. The number of sulfone groups is 1. The zero-order valence-electron chi connectivity index (χ0n) is 15.6. The summed E-state index contributed by atoms with van der Waals surface area (Å²) in [5.74, 6) is 0. The van der Waals surface area contributed by atoms with Crippen molar-refractivity contribution in [2.24, 2.45) is 0 Å². The summed E-state index contributed by atoms with van der Waals surface area (Å²) in [4.78, 5) is 14.5. The van der Waals surface area contributed by atoms with E-state index in [0.717, 1.165) is 36.9 Å². The molecule has 0 saturated carbocycles. The van der Waals surface area contributed by atoms with Gasteiger partial charge < -0.3 is 9.80 Å². The van der Waals surface area contributed by atoms with Crippen molar-refractivity contribution >= 4 is 26.9 Å². The van der Waals surface area contributed by atoms with E-state index in [9.17, 15) is 18.5 Å². The molecule has 0 aromatic heterocycles. The van der Waals surface area contributed by atoms with Gasteiger partial charge in [-0.15, -0.1) is 0 Å². The Morgan fingerprint density at radius 1 is 1.19 bits per heavy atom. The summed E-state index contributed by atoms with van der Waals surface area (Å²) < 4.78 is 24.1. The molecule has 0 N–H and O–H groups in total. The number of rotatable bonds is 5. The molecule has 0 bridgehead atoms. The number of anilines is 2. The Kier molecular flexibility index (Phi) is 5.10. The van der Waals surface area contributed by atoms with Gasteiger partial charge in [0.15, 0.2) is 9.84 Å². The molecule has 1 fully saturated rings. The lowest BCUT2D eigenvalue weighted by Crippen LogP contribution is -2.23. The molecule has 7 nitrogen and oxygen atoms in total. The predicted molar refractivity (Wildman–Crippen MR) is 106 cm³/mol. The number of benzene rings is 2. The fourth-order valence-electron chi connectivity index (χ4n) is 3.56. The lowest BCUT2D eigenvalue weighted by atomic mass is 10.0. The summed E-state index contributed by atoms with van der Waals surface area (Å²) in [5.41, 5.74) is 2.56. The highest BCUT2D eigenvalue weighted by Crippen LogP contribution is 2.39. The Balaban J connectivity index is 2.03. The molecule has 1 saturated heterocycles. The maximum absolute atomic E-state index is 12.1. The molecule has 2 aromatic carbocycles. The van der Waals surface area contributed by atoms with E-state index >= 15 is 0 Å². The van der Waals surface area contributed by atoms with E-state index in [1.807, 2.05) is 31.1 Å². The second kappa shape index (κ2) is 7.19. The Bertz CT molecular complexity index is 973. The van der Waals surface area contributed by atoms with Gasteiger partial charge in [0.2, 0.25) is 0 Å². The van der Waals surface area contributed by atoms with E-state index in [4.69, 9.17) is 0 Å². The van der Waals surface area contributed by atoms with Crippen LogP contribution in [0.15, 0.2) is 47.4 Å². The highest BCUT2D eigenvalue weighted by atomic mass is 32.2. The van der Waals surface area contributed by atoms with Crippen molar-refractivity contribution in [3.8, 4) is 0 Å². The van der Waals surface area contributed by atoms with Gasteiger partial charge in [0, 0.05) is 44.3 Å². The number of hydrogen-bond acceptors (Lipinski definition) is 6. The van der Waals surface area contributed by atoms with Gasteiger partial charge in [-0.25, -0.2) is 8.42 Å². The number of nitrogens with zero attached hydrogens (tertiary/aromatic N) is 3. The molecule has 3 rings (SSSR count). The first-order valence-corrected chi connectivity index (χ1v) is 10.6. The van der Waals surface area contributed by atoms with Crippen molar-refractivity contribution in [1.29, 1.82) is 0 Å². The SMILES string of the molecule is CN(C)c1cccc(C2CCCN2c2ccc([N+](=O)[O-])c(S(C)(=O)=O)c2)c1. The van der Waals surface area contributed by atoms with Crippen LogP contribution in [0.25, 0.3) is 0 Å². The minimum Gasteiger partial charge on any atom is -0.378 e. The zero-order valence-corrected chi connectivity index (χ0v) is 16.4. The molecule has 1 unspecified atom stereocenters. The van der Waals surface area contributed by atoms with Gasteiger partial charge in [0.1, 0.15) is 4.90 Å². The standard InChI is InChI=1S/C19H23N3O4S/c1-20(2)15-7-4-6-14(12-15)17-8-5-11-21(17)16-9-10-18(22(23)24)19(13-16)27(3,25)26/h4,6-7,9-10,12-13,17H,5,8,11H2,1-3H3. The number of nitro groups is 1. The third-order valence-corrected chi connectivity index (χ3v) is 6.02. The van der Waals surface area contributed by atoms with Crippen LogP contribution in [0.3, 0.4) is 0 Å². The summed E-state index contributed by atoms with van der Waals surface area (Å²) in [6, 6.07) is 12.7. The summed E-state index contributed by atoms with van der Waals surface area (Å²) in [5, 5.41) is 11.2. The van der Waals surface area contributed by atoms with Crippen molar-refractivity contribution in [2.75, 3.05) is 36.7 Å². The van der Waals surface area contributed by atoms with E-state index in [-0.39, 0.29) is 16.6 Å². The quantitative estimate of drug-likeness (QED) is 0.576. The van der Waals surface area contributed by atoms with Gasteiger partial charge in [-0.3, -0.25) is 10.1 Å². The van der Waals surface area contributed by atoms with Crippen LogP contribution in [0, 0.1) is 10.1 Å². The van der Waals surface area contributed by atoms with Crippen LogP contribution >= 0.6 is 0 Å². The normalized spacial score (nSPS) is 17.1. The van der Waals surface area contributed by atoms with Crippen LogP contribution < -0.4 is 9.80 Å². The molecule has 0 radical (unpaired) electrons. The van der Waals surface area contributed by atoms with Crippen LogP contribution in [0.2, 0.25) is 0 Å². The van der Waals surface area contributed by atoms with Gasteiger partial charge in [0.25, 0.3) is 5.69 Å². The molecule has 1 atom stereocenters. The predicted octanol–water partition coefficient (Wildman–Crippen LogP) is 3.41. The highest BCUT2D eigenvalue weighted by Gasteiger charge is 2.29. The Hall–Kier alpha value is -2.61. The summed E-state index contributed by atoms with van der Waals surface area (Å²) in [6.07, 6.45) is 2.92.